The zero-order valence-corrected chi connectivity index (χ0v) is 19.5. The molecule has 0 aliphatic rings. The predicted molar refractivity (Wildman–Crippen MR) is 99.9 cm³/mol. The van der Waals surface area contributed by atoms with Crippen LogP contribution in [-0.2, 0) is 42.1 Å². The summed E-state index contributed by atoms with van der Waals surface area (Å²) < 4.78 is 0. The van der Waals surface area contributed by atoms with E-state index in [-0.39, 0.29) is 57.0 Å². The Morgan fingerprint density at radius 3 is 0.682 bits per heavy atom. The normalized spacial score (nSPS) is 9.27. The molecule has 0 aliphatic heterocycles. The summed E-state index contributed by atoms with van der Waals surface area (Å²) in [6.07, 6.45) is 9.90. The Labute approximate surface area is 173 Å². The molecule has 0 atom stereocenters. The van der Waals surface area contributed by atoms with Crippen molar-refractivity contribution >= 4 is 0 Å². The molecule has 0 amide bonds. The Morgan fingerprint density at radius 1 is 0.455 bits per heavy atom. The third-order valence-electron chi connectivity index (χ3n) is 2.55. The van der Waals surface area contributed by atoms with Crippen molar-refractivity contribution in [3.8, 4) is 0 Å². The molecule has 22 heavy (non-hydrogen) atoms. The summed E-state index contributed by atoms with van der Waals surface area (Å²) in [6, 6.07) is 0. The minimum atomic E-state index is 0. The molecule has 0 aliphatic carbocycles. The molecule has 0 spiro atoms. The van der Waals surface area contributed by atoms with Gasteiger partial charge in [-0.15, -0.1) is 0 Å². The van der Waals surface area contributed by atoms with Crippen LogP contribution in [0.15, 0.2) is 0 Å². The molecular formula is C20H46Pt2-2. The van der Waals surface area contributed by atoms with E-state index in [0.717, 1.165) is 23.7 Å². The predicted octanol–water partition coefficient (Wildman–Crippen LogP) is 7.83. The molecule has 2 heteroatoms. The Kier molecular flexibility index (Phi) is 48.0. The first kappa shape index (κ1) is 38.8. The summed E-state index contributed by atoms with van der Waals surface area (Å²) in [5.74, 6) is 3.35. The van der Waals surface area contributed by atoms with Gasteiger partial charge in [0.2, 0.25) is 0 Å². The largest absolute Gasteiger partial charge is 0.328 e. The SMILES string of the molecule is C.C.CC(C)C[CH-]CC(C)C.CC(C)C[CH-]CC(C)C.[Pt].[Pt]. The topological polar surface area (TPSA) is 0 Å². The van der Waals surface area contributed by atoms with Crippen LogP contribution in [0.1, 0.15) is 95.9 Å². The van der Waals surface area contributed by atoms with Crippen molar-refractivity contribution in [2.24, 2.45) is 23.7 Å². The number of rotatable bonds is 8. The van der Waals surface area contributed by atoms with E-state index in [1.807, 2.05) is 0 Å². The molecule has 0 aromatic carbocycles. The van der Waals surface area contributed by atoms with Gasteiger partial charge in [-0.3, -0.25) is 0 Å². The van der Waals surface area contributed by atoms with Gasteiger partial charge in [-0.05, 0) is 0 Å². The summed E-state index contributed by atoms with van der Waals surface area (Å²) in [4.78, 5) is 0. The van der Waals surface area contributed by atoms with Crippen molar-refractivity contribution in [1.29, 1.82) is 0 Å². The summed E-state index contributed by atoms with van der Waals surface area (Å²) in [5.41, 5.74) is 0. The van der Waals surface area contributed by atoms with Crippen molar-refractivity contribution in [2.75, 3.05) is 0 Å². The van der Waals surface area contributed by atoms with E-state index < -0.39 is 0 Å². The van der Waals surface area contributed by atoms with E-state index in [4.69, 9.17) is 0 Å². The van der Waals surface area contributed by atoms with Crippen molar-refractivity contribution < 1.29 is 42.1 Å². The van der Waals surface area contributed by atoms with Gasteiger partial charge in [-0.1, -0.05) is 93.9 Å². The first-order valence-electron chi connectivity index (χ1n) is 7.88. The van der Waals surface area contributed by atoms with Crippen LogP contribution in [0, 0.1) is 36.5 Å². The van der Waals surface area contributed by atoms with Crippen LogP contribution in [0.2, 0.25) is 0 Å². The molecule has 0 aromatic rings. The molecule has 0 bridgehead atoms. The maximum Gasteiger partial charge on any atom is 0 e. The first-order chi connectivity index (χ1) is 8.25. The third kappa shape index (κ3) is 49.6. The van der Waals surface area contributed by atoms with Crippen LogP contribution in [0.3, 0.4) is 0 Å². The van der Waals surface area contributed by atoms with Gasteiger partial charge in [0.25, 0.3) is 0 Å². The Bertz CT molecular complexity index is 118. The monoisotopic (exact) mass is 676 g/mol. The van der Waals surface area contributed by atoms with Gasteiger partial charge in [0.15, 0.2) is 0 Å². The molecule has 0 fully saturated rings. The van der Waals surface area contributed by atoms with Crippen molar-refractivity contribution in [2.45, 2.75) is 95.9 Å². The van der Waals surface area contributed by atoms with Crippen LogP contribution >= 0.6 is 0 Å². The van der Waals surface area contributed by atoms with Crippen molar-refractivity contribution in [1.82, 2.24) is 0 Å². The van der Waals surface area contributed by atoms with Crippen LogP contribution < -0.4 is 0 Å². The summed E-state index contributed by atoms with van der Waals surface area (Å²) in [6.45, 7) is 18.1. The van der Waals surface area contributed by atoms with Gasteiger partial charge >= 0.3 is 0 Å². The van der Waals surface area contributed by atoms with E-state index in [1.165, 1.54) is 25.7 Å². The van der Waals surface area contributed by atoms with Gasteiger partial charge in [-0.25, -0.2) is 0 Å². The number of hydrogen-bond donors (Lipinski definition) is 0. The molecule has 0 N–H and O–H groups in total. The molecule has 0 unspecified atom stereocenters. The average Bonchev–Trinajstić information content (AvgIpc) is 2.15. The quantitative estimate of drug-likeness (QED) is 0.230. The molecule has 0 saturated heterocycles. The first-order valence-corrected chi connectivity index (χ1v) is 7.88. The smallest absolute Gasteiger partial charge is 0 e. The minimum Gasteiger partial charge on any atom is -0.328 e. The van der Waals surface area contributed by atoms with Gasteiger partial charge in [0, 0.05) is 42.1 Å². The Balaban J connectivity index is -0.0000000492. The minimum absolute atomic E-state index is 0. The van der Waals surface area contributed by atoms with Gasteiger partial charge < -0.3 is 12.8 Å². The summed E-state index contributed by atoms with van der Waals surface area (Å²) >= 11 is 0. The maximum atomic E-state index is 2.40. The fourth-order valence-corrected chi connectivity index (χ4v) is 1.53. The van der Waals surface area contributed by atoms with E-state index in [0.29, 0.717) is 0 Å². The van der Waals surface area contributed by atoms with E-state index in [9.17, 15) is 0 Å². The van der Waals surface area contributed by atoms with E-state index in [2.05, 4.69) is 68.2 Å². The zero-order chi connectivity index (χ0) is 14.6. The number of hydrogen-bond acceptors (Lipinski definition) is 0. The van der Waals surface area contributed by atoms with E-state index >= 15 is 0 Å². The maximum absolute atomic E-state index is 2.40. The molecular weight excluding hydrogens is 630 g/mol. The molecule has 0 nitrogen and oxygen atoms in total. The van der Waals surface area contributed by atoms with Crippen molar-refractivity contribution in [3.63, 3.8) is 0 Å². The van der Waals surface area contributed by atoms with Crippen LogP contribution in [0.4, 0.5) is 0 Å². The molecule has 0 rings (SSSR count). The standard InChI is InChI=1S/2C9H19.2CH4.2Pt/c2*1-8(2)6-5-7-9(3)4;;;;/h2*5,8-9H,6-7H2,1-4H3;2*1H4;;/q2*-1;;;;. The second-order valence-electron chi connectivity index (χ2n) is 7.10. The van der Waals surface area contributed by atoms with Gasteiger partial charge in [0.1, 0.15) is 0 Å². The van der Waals surface area contributed by atoms with Crippen LogP contribution in [0.5, 0.6) is 0 Å². The average molecular weight is 677 g/mol. The van der Waals surface area contributed by atoms with Crippen LogP contribution in [0.25, 0.3) is 0 Å². The molecule has 0 saturated carbocycles. The fourth-order valence-electron chi connectivity index (χ4n) is 1.53. The van der Waals surface area contributed by atoms with E-state index in [1.54, 1.807) is 0 Å². The summed E-state index contributed by atoms with van der Waals surface area (Å²) in [7, 11) is 0. The summed E-state index contributed by atoms with van der Waals surface area (Å²) in [5, 5.41) is 0. The molecule has 0 aromatic heterocycles. The van der Waals surface area contributed by atoms with Crippen molar-refractivity contribution in [3.05, 3.63) is 12.8 Å². The Hall–Kier alpha value is 1.38. The zero-order valence-electron chi connectivity index (χ0n) is 14.9. The molecule has 0 heterocycles. The fraction of sp³-hybridized carbons (Fsp3) is 0.900. The van der Waals surface area contributed by atoms with Crippen LogP contribution in [-0.4, -0.2) is 0 Å². The van der Waals surface area contributed by atoms with Gasteiger partial charge in [-0.2, -0.15) is 25.7 Å². The molecule has 148 valence electrons. The second kappa shape index (κ2) is 27.2. The Morgan fingerprint density at radius 2 is 0.591 bits per heavy atom. The third-order valence-corrected chi connectivity index (χ3v) is 2.55. The molecule has 0 radical (unpaired) electrons. The van der Waals surface area contributed by atoms with Gasteiger partial charge in [0.05, 0.1) is 0 Å². The second-order valence-corrected chi connectivity index (χ2v) is 7.10.